The molecule has 104 valence electrons. The maximum atomic E-state index is 11.6. The first-order chi connectivity index (χ1) is 8.41. The second-order valence-electron chi connectivity index (χ2n) is 5.25. The van der Waals surface area contributed by atoms with Gasteiger partial charge in [-0.2, -0.15) is 0 Å². The molecule has 1 rings (SSSR count). The topological polar surface area (TPSA) is 87.7 Å². The highest BCUT2D eigenvalue weighted by molar-refractivity contribution is 5.75. The number of hydrogen-bond acceptors (Lipinski definition) is 3. The normalized spacial score (nSPS) is 19.9. The molecular formula is C12H22N2O4. The summed E-state index contributed by atoms with van der Waals surface area (Å²) in [5.41, 5.74) is 0.0750. The standard InChI is InChI=1S/C12H22N2O4/c1-9(7-10(15)16)14-11(17)13-8-12(2)3-5-18-6-4-12/h9H,3-8H2,1-2H3,(H,15,16)(H2,13,14,17). The van der Waals surface area contributed by atoms with Gasteiger partial charge in [-0.3, -0.25) is 4.79 Å². The number of carboxylic acid groups (broad SMARTS) is 1. The van der Waals surface area contributed by atoms with Gasteiger partial charge in [0.25, 0.3) is 0 Å². The van der Waals surface area contributed by atoms with Crippen molar-refractivity contribution in [1.29, 1.82) is 0 Å². The molecule has 0 saturated carbocycles. The van der Waals surface area contributed by atoms with Gasteiger partial charge in [0.05, 0.1) is 6.42 Å². The SMILES string of the molecule is CC(CC(=O)O)NC(=O)NCC1(C)CCOCC1. The summed E-state index contributed by atoms with van der Waals surface area (Å²) in [7, 11) is 0. The highest BCUT2D eigenvalue weighted by Crippen LogP contribution is 2.28. The van der Waals surface area contributed by atoms with Crippen LogP contribution in [0.4, 0.5) is 4.79 Å². The minimum absolute atomic E-state index is 0.0709. The maximum Gasteiger partial charge on any atom is 0.315 e. The van der Waals surface area contributed by atoms with Crippen LogP contribution in [0.1, 0.15) is 33.1 Å². The minimum Gasteiger partial charge on any atom is -0.481 e. The van der Waals surface area contributed by atoms with Gasteiger partial charge in [-0.1, -0.05) is 6.92 Å². The molecule has 0 spiro atoms. The predicted molar refractivity (Wildman–Crippen MR) is 66.4 cm³/mol. The minimum atomic E-state index is -0.917. The van der Waals surface area contributed by atoms with Gasteiger partial charge in [-0.15, -0.1) is 0 Å². The van der Waals surface area contributed by atoms with Crippen molar-refractivity contribution in [3.8, 4) is 0 Å². The summed E-state index contributed by atoms with van der Waals surface area (Å²) < 4.78 is 5.29. The lowest BCUT2D eigenvalue weighted by Gasteiger charge is -2.33. The third-order valence-electron chi connectivity index (χ3n) is 3.23. The molecule has 0 aromatic carbocycles. The number of nitrogens with one attached hydrogen (secondary N) is 2. The molecule has 3 N–H and O–H groups in total. The van der Waals surface area contributed by atoms with E-state index in [1.807, 2.05) is 0 Å². The van der Waals surface area contributed by atoms with Gasteiger partial charge in [0.15, 0.2) is 0 Å². The van der Waals surface area contributed by atoms with Crippen LogP contribution in [-0.2, 0) is 9.53 Å². The molecule has 0 aromatic heterocycles. The number of carbonyl (C=O) groups excluding carboxylic acids is 1. The van der Waals surface area contributed by atoms with Crippen LogP contribution in [-0.4, -0.2) is 42.9 Å². The van der Waals surface area contributed by atoms with Crippen molar-refractivity contribution in [3.63, 3.8) is 0 Å². The first kappa shape index (κ1) is 14.8. The van der Waals surface area contributed by atoms with Gasteiger partial charge in [0.1, 0.15) is 0 Å². The van der Waals surface area contributed by atoms with Gasteiger partial charge < -0.3 is 20.5 Å². The van der Waals surface area contributed by atoms with Crippen molar-refractivity contribution >= 4 is 12.0 Å². The molecule has 0 aromatic rings. The van der Waals surface area contributed by atoms with Crippen LogP contribution in [0.2, 0.25) is 0 Å². The van der Waals surface area contributed by atoms with E-state index in [9.17, 15) is 9.59 Å². The fourth-order valence-electron chi connectivity index (χ4n) is 1.92. The van der Waals surface area contributed by atoms with Crippen LogP contribution in [0.5, 0.6) is 0 Å². The fourth-order valence-corrected chi connectivity index (χ4v) is 1.92. The molecule has 1 atom stereocenters. The van der Waals surface area contributed by atoms with E-state index in [1.54, 1.807) is 6.92 Å². The Morgan fingerprint density at radius 1 is 1.39 bits per heavy atom. The van der Waals surface area contributed by atoms with Crippen LogP contribution in [0, 0.1) is 5.41 Å². The summed E-state index contributed by atoms with van der Waals surface area (Å²) in [6.07, 6.45) is 1.79. The molecule has 1 aliphatic heterocycles. The lowest BCUT2D eigenvalue weighted by atomic mass is 9.82. The zero-order valence-corrected chi connectivity index (χ0v) is 11.0. The number of urea groups is 1. The average molecular weight is 258 g/mol. The monoisotopic (exact) mass is 258 g/mol. The number of aliphatic carboxylic acids is 1. The Bertz CT molecular complexity index is 300. The van der Waals surface area contributed by atoms with Crippen LogP contribution in [0.25, 0.3) is 0 Å². The highest BCUT2D eigenvalue weighted by atomic mass is 16.5. The van der Waals surface area contributed by atoms with Crippen molar-refractivity contribution in [2.45, 2.75) is 39.2 Å². The first-order valence-corrected chi connectivity index (χ1v) is 6.25. The molecule has 1 heterocycles. The highest BCUT2D eigenvalue weighted by Gasteiger charge is 2.27. The van der Waals surface area contributed by atoms with E-state index in [2.05, 4.69) is 17.6 Å². The Hall–Kier alpha value is -1.30. The van der Waals surface area contributed by atoms with E-state index in [1.165, 1.54) is 0 Å². The summed E-state index contributed by atoms with van der Waals surface area (Å²) >= 11 is 0. The van der Waals surface area contributed by atoms with Gasteiger partial charge in [0, 0.05) is 25.8 Å². The van der Waals surface area contributed by atoms with E-state index < -0.39 is 5.97 Å². The Labute approximate surface area is 107 Å². The molecule has 6 nitrogen and oxygen atoms in total. The van der Waals surface area contributed by atoms with Crippen molar-refractivity contribution in [2.75, 3.05) is 19.8 Å². The van der Waals surface area contributed by atoms with Gasteiger partial charge in [-0.05, 0) is 25.2 Å². The average Bonchev–Trinajstić information content (AvgIpc) is 2.26. The molecule has 0 radical (unpaired) electrons. The maximum absolute atomic E-state index is 11.6. The molecule has 1 aliphatic rings. The fraction of sp³-hybridized carbons (Fsp3) is 0.833. The first-order valence-electron chi connectivity index (χ1n) is 6.25. The van der Waals surface area contributed by atoms with E-state index in [0.717, 1.165) is 26.1 Å². The molecule has 1 fully saturated rings. The van der Waals surface area contributed by atoms with E-state index >= 15 is 0 Å². The Morgan fingerprint density at radius 2 is 2.00 bits per heavy atom. The molecule has 1 unspecified atom stereocenters. The number of carbonyl (C=O) groups is 2. The molecule has 18 heavy (non-hydrogen) atoms. The van der Waals surface area contributed by atoms with Crippen LogP contribution in [0.3, 0.4) is 0 Å². The zero-order valence-electron chi connectivity index (χ0n) is 11.0. The molecule has 0 bridgehead atoms. The second kappa shape index (κ2) is 6.58. The van der Waals surface area contributed by atoms with Crippen molar-refractivity contribution in [3.05, 3.63) is 0 Å². The quantitative estimate of drug-likeness (QED) is 0.685. The molecule has 0 aliphatic carbocycles. The molecule has 2 amide bonds. The Morgan fingerprint density at radius 3 is 2.56 bits per heavy atom. The molecular weight excluding hydrogens is 236 g/mol. The van der Waals surface area contributed by atoms with Crippen LogP contribution in [0.15, 0.2) is 0 Å². The number of ether oxygens (including phenoxy) is 1. The smallest absolute Gasteiger partial charge is 0.315 e. The lowest BCUT2D eigenvalue weighted by Crippen LogP contribution is -2.46. The van der Waals surface area contributed by atoms with Crippen molar-refractivity contribution < 1.29 is 19.4 Å². The van der Waals surface area contributed by atoms with E-state index in [4.69, 9.17) is 9.84 Å². The van der Waals surface area contributed by atoms with Crippen LogP contribution < -0.4 is 10.6 Å². The second-order valence-corrected chi connectivity index (χ2v) is 5.25. The summed E-state index contributed by atoms with van der Waals surface area (Å²) in [4.78, 5) is 22.0. The predicted octanol–water partition coefficient (Wildman–Crippen LogP) is 0.965. The Kier molecular flexibility index (Phi) is 5.40. The number of carboxylic acids is 1. The van der Waals surface area contributed by atoms with E-state index in [0.29, 0.717) is 6.54 Å². The van der Waals surface area contributed by atoms with Gasteiger partial charge in [0.2, 0.25) is 0 Å². The molecule has 1 saturated heterocycles. The summed E-state index contributed by atoms with van der Waals surface area (Å²) in [6.45, 7) is 5.84. The number of amides is 2. The number of hydrogen-bond donors (Lipinski definition) is 3. The van der Waals surface area contributed by atoms with E-state index in [-0.39, 0.29) is 23.9 Å². The number of rotatable bonds is 5. The zero-order chi connectivity index (χ0) is 13.6. The Balaban J connectivity index is 2.25. The van der Waals surface area contributed by atoms with Crippen LogP contribution >= 0.6 is 0 Å². The summed E-state index contributed by atoms with van der Waals surface area (Å²) in [5, 5.41) is 14.0. The lowest BCUT2D eigenvalue weighted by molar-refractivity contribution is -0.137. The summed E-state index contributed by atoms with van der Waals surface area (Å²) in [6, 6.07) is -0.679. The third kappa shape index (κ3) is 5.35. The van der Waals surface area contributed by atoms with Crippen molar-refractivity contribution in [1.82, 2.24) is 10.6 Å². The third-order valence-corrected chi connectivity index (χ3v) is 3.23. The summed E-state index contributed by atoms with van der Waals surface area (Å²) in [5.74, 6) is -0.917. The van der Waals surface area contributed by atoms with Gasteiger partial charge >= 0.3 is 12.0 Å². The van der Waals surface area contributed by atoms with Gasteiger partial charge in [-0.25, -0.2) is 4.79 Å². The molecule has 6 heteroatoms. The largest absolute Gasteiger partial charge is 0.481 e. The van der Waals surface area contributed by atoms with Crippen molar-refractivity contribution in [2.24, 2.45) is 5.41 Å².